The van der Waals surface area contributed by atoms with Gasteiger partial charge in [0.1, 0.15) is 6.23 Å². The topological polar surface area (TPSA) is 67.9 Å². The van der Waals surface area contributed by atoms with Crippen LogP contribution in [0.15, 0.2) is 29.2 Å². The molecule has 3 rings (SSSR count). The van der Waals surface area contributed by atoms with Gasteiger partial charge in [-0.25, -0.2) is 8.42 Å². The van der Waals surface area contributed by atoms with Crippen molar-refractivity contribution in [2.24, 2.45) is 0 Å². The van der Waals surface area contributed by atoms with Gasteiger partial charge in [0.2, 0.25) is 0 Å². The molecule has 3 atom stereocenters. The average Bonchev–Trinajstić information content (AvgIpc) is 3.07. The number of nitrogens with zero attached hydrogens (tertiary/aromatic N) is 1. The normalized spacial score (nSPS) is 29.0. The molecule has 24 heavy (non-hydrogen) atoms. The molecule has 6 nitrogen and oxygen atoms in total. The van der Waals surface area contributed by atoms with E-state index in [1.807, 2.05) is 12.1 Å². The first-order valence-electron chi connectivity index (χ1n) is 8.41. The van der Waals surface area contributed by atoms with Gasteiger partial charge in [-0.15, -0.1) is 0 Å². The third-order valence-electron chi connectivity index (χ3n) is 4.79. The summed E-state index contributed by atoms with van der Waals surface area (Å²) in [6.45, 7) is 3.05. The van der Waals surface area contributed by atoms with Crippen LogP contribution in [0.3, 0.4) is 0 Å². The Morgan fingerprint density at radius 1 is 1.29 bits per heavy atom. The fraction of sp³-hybridized carbons (Fsp3) is 0.647. The van der Waals surface area contributed by atoms with E-state index < -0.39 is 9.84 Å². The average molecular weight is 354 g/mol. The lowest BCUT2D eigenvalue weighted by Crippen LogP contribution is -2.52. The van der Waals surface area contributed by atoms with Gasteiger partial charge in [-0.1, -0.05) is 12.1 Å². The van der Waals surface area contributed by atoms with Crippen LogP contribution in [-0.2, 0) is 19.3 Å². The zero-order valence-corrected chi connectivity index (χ0v) is 15.1. The minimum atomic E-state index is -3.16. The third-order valence-corrected chi connectivity index (χ3v) is 5.92. The molecule has 0 bridgehead atoms. The maximum absolute atomic E-state index is 11.6. The molecule has 0 aliphatic carbocycles. The monoisotopic (exact) mass is 354 g/mol. The highest BCUT2D eigenvalue weighted by atomic mass is 32.2. The largest absolute Gasteiger partial charge is 0.376 e. The van der Waals surface area contributed by atoms with Crippen LogP contribution in [0.5, 0.6) is 0 Å². The van der Waals surface area contributed by atoms with Gasteiger partial charge in [0.15, 0.2) is 9.84 Å². The molecule has 7 heteroatoms. The standard InChI is InChI=1S/C17H26N2O4S/c1-19-16(13-5-7-15(8-6-13)24(2,20)21)10-18-11-17(19)23-12-14-4-3-9-22-14/h5-8,14,16-18H,3-4,9-12H2,1-2H3. The molecule has 2 heterocycles. The van der Waals surface area contributed by atoms with Crippen LogP contribution in [0.1, 0.15) is 24.4 Å². The highest BCUT2D eigenvalue weighted by Crippen LogP contribution is 2.25. The second-order valence-corrected chi connectivity index (χ2v) is 8.62. The predicted octanol–water partition coefficient (Wildman–Crippen LogP) is 1.19. The molecule has 2 aliphatic heterocycles. The molecular formula is C17H26N2O4S. The summed E-state index contributed by atoms with van der Waals surface area (Å²) >= 11 is 0. The van der Waals surface area contributed by atoms with Gasteiger partial charge in [-0.05, 0) is 37.6 Å². The second kappa shape index (κ2) is 7.49. The summed E-state index contributed by atoms with van der Waals surface area (Å²) in [4.78, 5) is 2.56. The summed E-state index contributed by atoms with van der Waals surface area (Å²) < 4.78 is 34.9. The van der Waals surface area contributed by atoms with Crippen molar-refractivity contribution in [3.63, 3.8) is 0 Å². The van der Waals surface area contributed by atoms with Gasteiger partial charge >= 0.3 is 0 Å². The van der Waals surface area contributed by atoms with Gasteiger partial charge < -0.3 is 14.8 Å². The predicted molar refractivity (Wildman–Crippen MR) is 91.6 cm³/mol. The molecule has 3 unspecified atom stereocenters. The van der Waals surface area contributed by atoms with Crippen molar-refractivity contribution >= 4 is 9.84 Å². The first-order valence-corrected chi connectivity index (χ1v) is 10.3. The van der Waals surface area contributed by atoms with E-state index in [4.69, 9.17) is 9.47 Å². The number of benzene rings is 1. The number of hydrogen-bond donors (Lipinski definition) is 1. The number of rotatable bonds is 5. The third kappa shape index (κ3) is 4.15. The van der Waals surface area contributed by atoms with E-state index in [2.05, 4.69) is 17.3 Å². The molecule has 134 valence electrons. The van der Waals surface area contributed by atoms with Crippen LogP contribution in [0.2, 0.25) is 0 Å². The van der Waals surface area contributed by atoms with Crippen LogP contribution in [0.25, 0.3) is 0 Å². The smallest absolute Gasteiger partial charge is 0.175 e. The van der Waals surface area contributed by atoms with Gasteiger partial charge in [-0.3, -0.25) is 4.90 Å². The van der Waals surface area contributed by atoms with Crippen LogP contribution in [0.4, 0.5) is 0 Å². The van der Waals surface area contributed by atoms with E-state index in [0.717, 1.165) is 38.1 Å². The van der Waals surface area contributed by atoms with E-state index in [0.29, 0.717) is 11.5 Å². The van der Waals surface area contributed by atoms with Crippen LogP contribution < -0.4 is 5.32 Å². The van der Waals surface area contributed by atoms with Crippen molar-refractivity contribution in [2.75, 3.05) is 39.6 Å². The minimum absolute atomic E-state index is 0.0115. The molecule has 0 amide bonds. The number of sulfone groups is 1. The highest BCUT2D eigenvalue weighted by molar-refractivity contribution is 7.90. The zero-order chi connectivity index (χ0) is 17.2. The zero-order valence-electron chi connectivity index (χ0n) is 14.3. The van der Waals surface area contributed by atoms with Crippen molar-refractivity contribution < 1.29 is 17.9 Å². The molecule has 2 aliphatic rings. The fourth-order valence-electron chi connectivity index (χ4n) is 3.29. The molecule has 0 saturated carbocycles. The lowest BCUT2D eigenvalue weighted by molar-refractivity contribution is -0.106. The Morgan fingerprint density at radius 2 is 2.04 bits per heavy atom. The lowest BCUT2D eigenvalue weighted by Gasteiger charge is -2.40. The highest BCUT2D eigenvalue weighted by Gasteiger charge is 2.30. The number of piperazine rings is 1. The molecule has 1 aromatic carbocycles. The van der Waals surface area contributed by atoms with Crippen molar-refractivity contribution in [1.29, 1.82) is 0 Å². The van der Waals surface area contributed by atoms with E-state index >= 15 is 0 Å². The molecule has 2 fully saturated rings. The van der Waals surface area contributed by atoms with E-state index in [1.54, 1.807) is 12.1 Å². The minimum Gasteiger partial charge on any atom is -0.376 e. The number of nitrogens with one attached hydrogen (secondary N) is 1. The van der Waals surface area contributed by atoms with Gasteiger partial charge in [0.05, 0.1) is 17.6 Å². The molecule has 0 spiro atoms. The molecular weight excluding hydrogens is 328 g/mol. The van der Waals surface area contributed by atoms with Crippen molar-refractivity contribution in [3.05, 3.63) is 29.8 Å². The lowest BCUT2D eigenvalue weighted by atomic mass is 10.0. The summed E-state index contributed by atoms with van der Waals surface area (Å²) in [5.41, 5.74) is 1.09. The van der Waals surface area contributed by atoms with Crippen molar-refractivity contribution in [2.45, 2.75) is 36.1 Å². The molecule has 1 aromatic rings. The molecule has 1 N–H and O–H groups in total. The van der Waals surface area contributed by atoms with Crippen LogP contribution >= 0.6 is 0 Å². The van der Waals surface area contributed by atoms with Gasteiger partial charge in [-0.2, -0.15) is 0 Å². The maximum atomic E-state index is 11.6. The molecule has 0 aromatic heterocycles. The Morgan fingerprint density at radius 3 is 2.67 bits per heavy atom. The second-order valence-electron chi connectivity index (χ2n) is 6.60. The quantitative estimate of drug-likeness (QED) is 0.857. The van der Waals surface area contributed by atoms with Crippen molar-refractivity contribution in [1.82, 2.24) is 10.2 Å². The first-order chi connectivity index (χ1) is 11.4. The summed E-state index contributed by atoms with van der Waals surface area (Å²) in [7, 11) is -1.11. The number of ether oxygens (including phenoxy) is 2. The summed E-state index contributed by atoms with van der Waals surface area (Å²) in [5.74, 6) is 0. The van der Waals surface area contributed by atoms with Crippen LogP contribution in [0, 0.1) is 0 Å². The number of hydrogen-bond acceptors (Lipinski definition) is 6. The number of likely N-dealkylation sites (N-methyl/N-ethyl adjacent to an activating group) is 1. The summed E-state index contributed by atoms with van der Waals surface area (Å²) in [5, 5.41) is 3.41. The Hall–Kier alpha value is -0.990. The van der Waals surface area contributed by atoms with Crippen LogP contribution in [-0.4, -0.2) is 65.3 Å². The summed E-state index contributed by atoms with van der Waals surface area (Å²) in [6.07, 6.45) is 3.61. The fourth-order valence-corrected chi connectivity index (χ4v) is 3.92. The van der Waals surface area contributed by atoms with E-state index in [1.165, 1.54) is 6.26 Å². The Balaban J connectivity index is 1.64. The first kappa shape index (κ1) is 17.8. The summed E-state index contributed by atoms with van der Waals surface area (Å²) in [6, 6.07) is 7.29. The Bertz CT molecular complexity index is 641. The van der Waals surface area contributed by atoms with Gasteiger partial charge in [0.25, 0.3) is 0 Å². The SMILES string of the molecule is CN1C(OCC2CCCO2)CNCC1c1ccc(S(C)(=O)=O)cc1. The Labute approximate surface area is 144 Å². The van der Waals surface area contributed by atoms with E-state index in [-0.39, 0.29) is 18.4 Å². The van der Waals surface area contributed by atoms with Gasteiger partial charge in [0, 0.05) is 32.0 Å². The maximum Gasteiger partial charge on any atom is 0.175 e. The van der Waals surface area contributed by atoms with E-state index in [9.17, 15) is 8.42 Å². The molecule has 0 radical (unpaired) electrons. The Kier molecular flexibility index (Phi) is 5.56. The van der Waals surface area contributed by atoms with Crippen molar-refractivity contribution in [3.8, 4) is 0 Å². The molecule has 2 saturated heterocycles.